The number of hydrogen-bond donors (Lipinski definition) is 2. The Morgan fingerprint density at radius 3 is 2.24 bits per heavy atom. The third kappa shape index (κ3) is 3.70. The molecule has 0 bridgehead atoms. The SMILES string of the molecule is CC(C)(C)c1ccc(NC(=O)c2ccccc2CN)cc1. The van der Waals surface area contributed by atoms with Gasteiger partial charge in [0.15, 0.2) is 0 Å². The highest BCUT2D eigenvalue weighted by Crippen LogP contribution is 2.23. The molecule has 0 radical (unpaired) electrons. The minimum absolute atomic E-state index is 0.106. The average Bonchev–Trinajstić information content (AvgIpc) is 2.46. The molecular weight excluding hydrogens is 260 g/mol. The summed E-state index contributed by atoms with van der Waals surface area (Å²) in [5.74, 6) is -0.125. The van der Waals surface area contributed by atoms with E-state index in [4.69, 9.17) is 5.73 Å². The predicted octanol–water partition coefficient (Wildman–Crippen LogP) is 3.70. The molecular formula is C18H22N2O. The number of rotatable bonds is 3. The molecule has 0 aliphatic rings. The van der Waals surface area contributed by atoms with Gasteiger partial charge in [-0.3, -0.25) is 4.79 Å². The topological polar surface area (TPSA) is 55.1 Å². The summed E-state index contributed by atoms with van der Waals surface area (Å²) in [6.07, 6.45) is 0. The highest BCUT2D eigenvalue weighted by Gasteiger charge is 2.14. The van der Waals surface area contributed by atoms with Gasteiger partial charge in [-0.05, 0) is 34.7 Å². The van der Waals surface area contributed by atoms with Gasteiger partial charge < -0.3 is 11.1 Å². The average molecular weight is 282 g/mol. The van der Waals surface area contributed by atoms with Crippen molar-refractivity contribution in [3.8, 4) is 0 Å². The Bertz CT molecular complexity index is 624. The molecule has 0 fully saturated rings. The van der Waals surface area contributed by atoms with Crippen LogP contribution in [0.25, 0.3) is 0 Å². The van der Waals surface area contributed by atoms with Crippen molar-refractivity contribution in [3.05, 3.63) is 65.2 Å². The monoisotopic (exact) mass is 282 g/mol. The summed E-state index contributed by atoms with van der Waals surface area (Å²) < 4.78 is 0. The van der Waals surface area contributed by atoms with E-state index in [1.54, 1.807) is 6.07 Å². The van der Waals surface area contributed by atoms with Crippen LogP contribution in [-0.2, 0) is 12.0 Å². The van der Waals surface area contributed by atoms with Gasteiger partial charge in [-0.1, -0.05) is 51.1 Å². The fourth-order valence-corrected chi connectivity index (χ4v) is 2.17. The van der Waals surface area contributed by atoms with Crippen molar-refractivity contribution in [2.75, 3.05) is 5.32 Å². The summed E-state index contributed by atoms with van der Waals surface area (Å²) >= 11 is 0. The maximum Gasteiger partial charge on any atom is 0.255 e. The van der Waals surface area contributed by atoms with Crippen LogP contribution in [-0.4, -0.2) is 5.91 Å². The van der Waals surface area contributed by atoms with Crippen molar-refractivity contribution in [2.24, 2.45) is 5.73 Å². The number of carbonyl (C=O) groups is 1. The maximum atomic E-state index is 12.3. The third-order valence-corrected chi connectivity index (χ3v) is 3.49. The Morgan fingerprint density at radius 1 is 1.05 bits per heavy atom. The number of nitrogens with two attached hydrogens (primary N) is 1. The number of anilines is 1. The summed E-state index contributed by atoms with van der Waals surface area (Å²) in [5, 5.41) is 2.92. The lowest BCUT2D eigenvalue weighted by Crippen LogP contribution is -2.16. The number of nitrogens with one attached hydrogen (secondary N) is 1. The lowest BCUT2D eigenvalue weighted by Gasteiger charge is -2.19. The first-order valence-electron chi connectivity index (χ1n) is 7.11. The number of hydrogen-bond acceptors (Lipinski definition) is 2. The molecule has 3 N–H and O–H groups in total. The zero-order valence-corrected chi connectivity index (χ0v) is 12.8. The Balaban J connectivity index is 2.16. The van der Waals surface area contributed by atoms with Gasteiger partial charge >= 0.3 is 0 Å². The molecule has 0 spiro atoms. The maximum absolute atomic E-state index is 12.3. The fraction of sp³-hybridized carbons (Fsp3) is 0.278. The molecule has 3 heteroatoms. The summed E-state index contributed by atoms with van der Waals surface area (Å²) in [4.78, 5) is 12.3. The van der Waals surface area contributed by atoms with E-state index in [-0.39, 0.29) is 11.3 Å². The lowest BCUT2D eigenvalue weighted by atomic mass is 9.87. The van der Waals surface area contributed by atoms with Crippen LogP contribution in [0.5, 0.6) is 0 Å². The van der Waals surface area contributed by atoms with Crippen LogP contribution < -0.4 is 11.1 Å². The standard InChI is InChI=1S/C18H22N2O/c1-18(2,3)14-8-10-15(11-9-14)20-17(21)16-7-5-4-6-13(16)12-19/h4-11H,12,19H2,1-3H3,(H,20,21). The largest absolute Gasteiger partial charge is 0.326 e. The molecule has 0 saturated carbocycles. The Morgan fingerprint density at radius 2 is 1.67 bits per heavy atom. The fourth-order valence-electron chi connectivity index (χ4n) is 2.17. The second-order valence-electron chi connectivity index (χ2n) is 6.14. The molecule has 2 aromatic carbocycles. The van der Waals surface area contributed by atoms with Crippen molar-refractivity contribution in [3.63, 3.8) is 0 Å². The first-order chi connectivity index (χ1) is 9.91. The molecule has 3 nitrogen and oxygen atoms in total. The van der Waals surface area contributed by atoms with Gasteiger partial charge in [0.25, 0.3) is 5.91 Å². The molecule has 0 aliphatic carbocycles. The van der Waals surface area contributed by atoms with E-state index < -0.39 is 0 Å². The molecule has 0 saturated heterocycles. The van der Waals surface area contributed by atoms with Crippen molar-refractivity contribution in [2.45, 2.75) is 32.7 Å². The first kappa shape index (κ1) is 15.3. The van der Waals surface area contributed by atoms with Gasteiger partial charge in [0.2, 0.25) is 0 Å². The summed E-state index contributed by atoms with van der Waals surface area (Å²) in [6, 6.07) is 15.4. The predicted molar refractivity (Wildman–Crippen MR) is 87.4 cm³/mol. The molecule has 2 aromatic rings. The van der Waals surface area contributed by atoms with Crippen molar-refractivity contribution in [1.82, 2.24) is 0 Å². The summed E-state index contributed by atoms with van der Waals surface area (Å²) in [5.41, 5.74) is 9.28. The van der Waals surface area contributed by atoms with Crippen molar-refractivity contribution >= 4 is 11.6 Å². The highest BCUT2D eigenvalue weighted by molar-refractivity contribution is 6.05. The van der Waals surface area contributed by atoms with Crippen LogP contribution in [0, 0.1) is 0 Å². The molecule has 0 atom stereocenters. The molecule has 0 heterocycles. The quantitative estimate of drug-likeness (QED) is 0.902. The van der Waals surface area contributed by atoms with Crippen molar-refractivity contribution in [1.29, 1.82) is 0 Å². The molecule has 0 aromatic heterocycles. The van der Waals surface area contributed by atoms with Crippen LogP contribution in [0.3, 0.4) is 0 Å². The molecule has 0 unspecified atom stereocenters. The number of amides is 1. The lowest BCUT2D eigenvalue weighted by molar-refractivity contribution is 0.102. The number of carbonyl (C=O) groups excluding carboxylic acids is 1. The molecule has 1 amide bonds. The zero-order valence-electron chi connectivity index (χ0n) is 12.8. The minimum Gasteiger partial charge on any atom is -0.326 e. The van der Waals surface area contributed by atoms with Gasteiger partial charge in [0, 0.05) is 17.8 Å². The third-order valence-electron chi connectivity index (χ3n) is 3.49. The second kappa shape index (κ2) is 6.10. The second-order valence-corrected chi connectivity index (χ2v) is 6.14. The summed E-state index contributed by atoms with van der Waals surface area (Å²) in [7, 11) is 0. The Labute approximate surface area is 126 Å². The van der Waals surface area contributed by atoms with Crippen molar-refractivity contribution < 1.29 is 4.79 Å². The molecule has 21 heavy (non-hydrogen) atoms. The highest BCUT2D eigenvalue weighted by atomic mass is 16.1. The van der Waals surface area contributed by atoms with Gasteiger partial charge in [-0.15, -0.1) is 0 Å². The van der Waals surface area contributed by atoms with Crippen LogP contribution in [0.15, 0.2) is 48.5 Å². The van der Waals surface area contributed by atoms with E-state index in [9.17, 15) is 4.79 Å². The molecule has 0 aliphatic heterocycles. The Kier molecular flexibility index (Phi) is 4.43. The van der Waals surface area contributed by atoms with E-state index in [2.05, 4.69) is 26.1 Å². The smallest absolute Gasteiger partial charge is 0.255 e. The normalized spacial score (nSPS) is 11.2. The first-order valence-corrected chi connectivity index (χ1v) is 7.11. The number of benzene rings is 2. The van der Waals surface area contributed by atoms with E-state index >= 15 is 0 Å². The summed E-state index contributed by atoms with van der Waals surface area (Å²) in [6.45, 7) is 6.85. The Hall–Kier alpha value is -2.13. The zero-order chi connectivity index (χ0) is 15.5. The van der Waals surface area contributed by atoms with Gasteiger partial charge in [-0.25, -0.2) is 0 Å². The van der Waals surface area contributed by atoms with E-state index in [0.717, 1.165) is 11.3 Å². The van der Waals surface area contributed by atoms with Gasteiger partial charge in [0.1, 0.15) is 0 Å². The van der Waals surface area contributed by atoms with Crippen LogP contribution in [0.2, 0.25) is 0 Å². The van der Waals surface area contributed by atoms with E-state index in [1.807, 2.05) is 42.5 Å². The van der Waals surface area contributed by atoms with Crippen LogP contribution >= 0.6 is 0 Å². The van der Waals surface area contributed by atoms with Crippen LogP contribution in [0.1, 0.15) is 42.3 Å². The van der Waals surface area contributed by atoms with Gasteiger partial charge in [0.05, 0.1) is 0 Å². The molecule has 110 valence electrons. The van der Waals surface area contributed by atoms with Crippen LogP contribution in [0.4, 0.5) is 5.69 Å². The minimum atomic E-state index is -0.125. The van der Waals surface area contributed by atoms with Gasteiger partial charge in [-0.2, -0.15) is 0 Å². The van der Waals surface area contributed by atoms with E-state index in [1.165, 1.54) is 5.56 Å². The molecule has 2 rings (SSSR count). The van der Waals surface area contributed by atoms with E-state index in [0.29, 0.717) is 12.1 Å².